The van der Waals surface area contributed by atoms with E-state index in [-0.39, 0.29) is 18.4 Å². The first kappa shape index (κ1) is 14.0. The third-order valence-corrected chi connectivity index (χ3v) is 3.91. The summed E-state index contributed by atoms with van der Waals surface area (Å²) in [5.41, 5.74) is 3.36. The zero-order valence-electron chi connectivity index (χ0n) is 11.9. The molecule has 2 heterocycles. The summed E-state index contributed by atoms with van der Waals surface area (Å²) >= 11 is 0. The van der Waals surface area contributed by atoms with Crippen LogP contribution < -0.4 is 5.32 Å². The second-order valence-electron chi connectivity index (χ2n) is 5.33. The molecule has 6 heteroatoms. The van der Waals surface area contributed by atoms with Crippen LogP contribution in [0.5, 0.6) is 5.75 Å². The lowest BCUT2D eigenvalue weighted by Gasteiger charge is -2.24. The van der Waals surface area contributed by atoms with Crippen LogP contribution in [0.1, 0.15) is 35.8 Å². The third-order valence-electron chi connectivity index (χ3n) is 3.91. The van der Waals surface area contributed by atoms with Crippen molar-refractivity contribution in [1.82, 2.24) is 20.1 Å². The fourth-order valence-electron chi connectivity index (χ4n) is 2.87. The molecule has 2 aromatic rings. The van der Waals surface area contributed by atoms with Crippen LogP contribution in [0.2, 0.25) is 0 Å². The van der Waals surface area contributed by atoms with Crippen LogP contribution in [0, 0.1) is 0 Å². The van der Waals surface area contributed by atoms with Crippen LogP contribution in [-0.4, -0.2) is 31.6 Å². The summed E-state index contributed by atoms with van der Waals surface area (Å²) in [6, 6.07) is 3.74. The second-order valence-corrected chi connectivity index (χ2v) is 5.33. The number of aromatic nitrogens is 3. The first-order valence-electron chi connectivity index (χ1n) is 7.30. The molecule has 0 saturated carbocycles. The van der Waals surface area contributed by atoms with Gasteiger partial charge in [0.25, 0.3) is 0 Å². The van der Waals surface area contributed by atoms with Crippen LogP contribution in [-0.2, 0) is 19.5 Å². The molecule has 0 spiro atoms. The van der Waals surface area contributed by atoms with Crippen LogP contribution in [0.15, 0.2) is 24.5 Å². The minimum Gasteiger partial charge on any atom is -0.506 e. The van der Waals surface area contributed by atoms with Crippen molar-refractivity contribution in [1.29, 1.82) is 0 Å². The normalized spacial score (nSPS) is 17.7. The number of pyridine rings is 1. The van der Waals surface area contributed by atoms with Gasteiger partial charge >= 0.3 is 0 Å². The molecule has 0 radical (unpaired) electrons. The van der Waals surface area contributed by atoms with Crippen LogP contribution in [0.25, 0.3) is 0 Å². The van der Waals surface area contributed by atoms with Crippen molar-refractivity contribution < 1.29 is 10.2 Å². The summed E-state index contributed by atoms with van der Waals surface area (Å²) in [6.45, 7) is 1.33. The topological polar surface area (TPSA) is 83.2 Å². The molecule has 0 amide bonds. The van der Waals surface area contributed by atoms with Gasteiger partial charge in [0.15, 0.2) is 0 Å². The highest BCUT2D eigenvalue weighted by atomic mass is 16.3. The number of hydrogen-bond acceptors (Lipinski definition) is 5. The molecule has 1 aliphatic rings. The Kier molecular flexibility index (Phi) is 4.17. The predicted molar refractivity (Wildman–Crippen MR) is 77.7 cm³/mol. The highest BCUT2D eigenvalue weighted by molar-refractivity contribution is 5.25. The molecule has 3 N–H and O–H groups in total. The Morgan fingerprint density at radius 1 is 1.33 bits per heavy atom. The minimum atomic E-state index is 0.115. The first-order chi connectivity index (χ1) is 10.3. The highest BCUT2D eigenvalue weighted by Gasteiger charge is 2.23. The molecule has 3 rings (SSSR count). The molecule has 1 aliphatic carbocycles. The Morgan fingerprint density at radius 2 is 2.24 bits per heavy atom. The van der Waals surface area contributed by atoms with E-state index >= 15 is 0 Å². The zero-order chi connectivity index (χ0) is 14.7. The molecule has 21 heavy (non-hydrogen) atoms. The monoisotopic (exact) mass is 288 g/mol. The largest absolute Gasteiger partial charge is 0.506 e. The molecule has 0 fully saturated rings. The van der Waals surface area contributed by atoms with Crippen molar-refractivity contribution in [2.45, 2.75) is 38.4 Å². The number of nitrogens with zero attached hydrogens (tertiary/aromatic N) is 3. The summed E-state index contributed by atoms with van der Waals surface area (Å²) in [5, 5.41) is 26.2. The summed E-state index contributed by atoms with van der Waals surface area (Å²) in [5.74, 6) is 0.184. The second kappa shape index (κ2) is 6.24. The van der Waals surface area contributed by atoms with E-state index in [0.29, 0.717) is 13.1 Å². The standard InChI is InChI=1S/C15H20N4O2/c20-7-6-19-15-3-1-2-14(13(15)10-18-19)17-8-11-4-5-12(21)9-16-11/h4-5,9-10,14,17,20-21H,1-3,6-8H2. The van der Waals surface area contributed by atoms with Gasteiger partial charge in [-0.15, -0.1) is 0 Å². The Bertz CT molecular complexity index is 594. The van der Waals surface area contributed by atoms with Crippen molar-refractivity contribution in [2.75, 3.05) is 6.61 Å². The van der Waals surface area contributed by atoms with E-state index in [4.69, 9.17) is 5.11 Å². The number of hydrogen-bond donors (Lipinski definition) is 3. The van der Waals surface area contributed by atoms with Crippen molar-refractivity contribution in [3.05, 3.63) is 41.5 Å². The maximum Gasteiger partial charge on any atom is 0.133 e. The highest BCUT2D eigenvalue weighted by Crippen LogP contribution is 2.29. The maximum atomic E-state index is 9.24. The fraction of sp³-hybridized carbons (Fsp3) is 0.467. The first-order valence-corrected chi connectivity index (χ1v) is 7.30. The van der Waals surface area contributed by atoms with E-state index in [0.717, 1.165) is 25.0 Å². The molecule has 2 aromatic heterocycles. The number of aromatic hydroxyl groups is 1. The number of nitrogens with one attached hydrogen (secondary N) is 1. The molecule has 0 aromatic carbocycles. The van der Waals surface area contributed by atoms with Crippen molar-refractivity contribution in [3.63, 3.8) is 0 Å². The Morgan fingerprint density at radius 3 is 3.00 bits per heavy atom. The van der Waals surface area contributed by atoms with E-state index in [1.807, 2.05) is 16.9 Å². The van der Waals surface area contributed by atoms with Gasteiger partial charge in [0.05, 0.1) is 31.2 Å². The Hall–Kier alpha value is -1.92. The number of rotatable bonds is 5. The lowest BCUT2D eigenvalue weighted by atomic mass is 9.93. The maximum absolute atomic E-state index is 9.24. The molecule has 1 unspecified atom stereocenters. The van der Waals surface area contributed by atoms with Gasteiger partial charge < -0.3 is 15.5 Å². The number of fused-ring (bicyclic) bond motifs is 1. The molecule has 0 aliphatic heterocycles. The van der Waals surface area contributed by atoms with Gasteiger partial charge in [-0.3, -0.25) is 9.67 Å². The van der Waals surface area contributed by atoms with Crippen LogP contribution >= 0.6 is 0 Å². The quantitative estimate of drug-likeness (QED) is 0.768. The molecule has 112 valence electrons. The third kappa shape index (κ3) is 3.06. The lowest BCUT2D eigenvalue weighted by molar-refractivity contribution is 0.266. The van der Waals surface area contributed by atoms with E-state index in [1.54, 1.807) is 6.07 Å². The summed E-state index contributed by atoms with van der Waals surface area (Å²) in [4.78, 5) is 4.19. The van der Waals surface area contributed by atoms with Gasteiger partial charge in [-0.1, -0.05) is 0 Å². The van der Waals surface area contributed by atoms with Gasteiger partial charge in [-0.2, -0.15) is 5.10 Å². The minimum absolute atomic E-state index is 0.115. The van der Waals surface area contributed by atoms with Gasteiger partial charge in [-0.25, -0.2) is 0 Å². The van der Waals surface area contributed by atoms with Gasteiger partial charge in [0, 0.05) is 23.8 Å². The number of aliphatic hydroxyl groups excluding tert-OH is 1. The van der Waals surface area contributed by atoms with Gasteiger partial charge in [0.2, 0.25) is 0 Å². The molecular formula is C15H20N4O2. The molecule has 1 atom stereocenters. The molecule has 6 nitrogen and oxygen atoms in total. The van der Waals surface area contributed by atoms with E-state index in [2.05, 4.69) is 15.4 Å². The molecular weight excluding hydrogens is 268 g/mol. The zero-order valence-corrected chi connectivity index (χ0v) is 11.9. The average Bonchev–Trinajstić information content (AvgIpc) is 2.91. The number of aliphatic hydroxyl groups is 1. The smallest absolute Gasteiger partial charge is 0.133 e. The Labute approximate surface area is 123 Å². The van der Waals surface area contributed by atoms with Crippen LogP contribution in [0.3, 0.4) is 0 Å². The molecule has 0 saturated heterocycles. The van der Waals surface area contributed by atoms with Crippen molar-refractivity contribution in [3.8, 4) is 5.75 Å². The van der Waals surface area contributed by atoms with E-state index < -0.39 is 0 Å². The molecule has 0 bridgehead atoms. The lowest BCUT2D eigenvalue weighted by Crippen LogP contribution is -2.25. The summed E-state index contributed by atoms with van der Waals surface area (Å²) in [7, 11) is 0. The van der Waals surface area contributed by atoms with Crippen molar-refractivity contribution in [2.24, 2.45) is 0 Å². The average molecular weight is 288 g/mol. The summed E-state index contributed by atoms with van der Waals surface area (Å²) in [6.07, 6.45) is 6.58. The predicted octanol–water partition coefficient (Wildman–Crippen LogP) is 1.14. The van der Waals surface area contributed by atoms with Gasteiger partial charge in [0.1, 0.15) is 5.75 Å². The van der Waals surface area contributed by atoms with Gasteiger partial charge in [-0.05, 0) is 31.4 Å². The SMILES string of the molecule is OCCn1ncc2c1CCCC2NCc1ccc(O)cn1. The Balaban J connectivity index is 1.69. The van der Waals surface area contributed by atoms with E-state index in [1.165, 1.54) is 17.5 Å². The summed E-state index contributed by atoms with van der Waals surface area (Å²) < 4.78 is 1.90. The fourth-order valence-corrected chi connectivity index (χ4v) is 2.87. The van der Waals surface area contributed by atoms with Crippen molar-refractivity contribution >= 4 is 0 Å². The van der Waals surface area contributed by atoms with Crippen LogP contribution in [0.4, 0.5) is 0 Å². The van der Waals surface area contributed by atoms with E-state index in [9.17, 15) is 5.11 Å².